The van der Waals surface area contributed by atoms with Gasteiger partial charge in [-0.25, -0.2) is 0 Å². The van der Waals surface area contributed by atoms with Crippen molar-refractivity contribution in [1.29, 1.82) is 0 Å². The second-order valence-electron chi connectivity index (χ2n) is 5.32. The van der Waals surface area contributed by atoms with Crippen molar-refractivity contribution < 1.29 is 0 Å². The Kier molecular flexibility index (Phi) is 5.31. The quantitative estimate of drug-likeness (QED) is 0.833. The monoisotopic (exact) mass is 277 g/mol. The van der Waals surface area contributed by atoms with Gasteiger partial charge in [-0.1, -0.05) is 42.5 Å². The summed E-state index contributed by atoms with van der Waals surface area (Å²) in [5.41, 5.74) is 7.02. The van der Waals surface area contributed by atoms with Crippen molar-refractivity contribution in [3.63, 3.8) is 0 Å². The Balaban J connectivity index is 1.78. The summed E-state index contributed by atoms with van der Waals surface area (Å²) in [6, 6.07) is 11.1. The van der Waals surface area contributed by atoms with Gasteiger partial charge in [0.15, 0.2) is 0 Å². The van der Waals surface area contributed by atoms with Crippen LogP contribution in [0.1, 0.15) is 18.9 Å². The average molecular weight is 277 g/mol. The molecule has 0 aliphatic carbocycles. The van der Waals surface area contributed by atoms with Crippen LogP contribution >= 0.6 is 12.2 Å². The minimum atomic E-state index is 0.469. The van der Waals surface area contributed by atoms with Crippen LogP contribution in [0, 0.1) is 0 Å². The van der Waals surface area contributed by atoms with E-state index in [2.05, 4.69) is 47.1 Å². The van der Waals surface area contributed by atoms with Crippen molar-refractivity contribution in [2.24, 2.45) is 5.73 Å². The number of piperazine rings is 1. The molecule has 0 radical (unpaired) electrons. The summed E-state index contributed by atoms with van der Waals surface area (Å²) < 4.78 is 0. The Bertz CT molecular complexity index is 399. The van der Waals surface area contributed by atoms with Gasteiger partial charge in [0.25, 0.3) is 0 Å². The first-order valence-corrected chi connectivity index (χ1v) is 7.34. The minimum Gasteiger partial charge on any atom is -0.393 e. The van der Waals surface area contributed by atoms with E-state index in [0.717, 1.165) is 39.1 Å². The number of hydrogen-bond donors (Lipinski definition) is 1. The molecule has 1 aromatic rings. The van der Waals surface area contributed by atoms with Gasteiger partial charge >= 0.3 is 0 Å². The smallest absolute Gasteiger partial charge is 0.0742 e. The molecule has 1 fully saturated rings. The molecular weight excluding hydrogens is 254 g/mol. The third-order valence-electron chi connectivity index (χ3n) is 3.78. The van der Waals surface area contributed by atoms with Crippen molar-refractivity contribution in [1.82, 2.24) is 9.80 Å². The summed E-state index contributed by atoms with van der Waals surface area (Å²) in [7, 11) is 0. The van der Waals surface area contributed by atoms with Gasteiger partial charge in [0.05, 0.1) is 4.99 Å². The first-order valence-electron chi connectivity index (χ1n) is 6.94. The van der Waals surface area contributed by atoms with Crippen molar-refractivity contribution in [3.05, 3.63) is 35.9 Å². The van der Waals surface area contributed by atoms with Crippen molar-refractivity contribution in [2.75, 3.05) is 26.2 Å². The Morgan fingerprint density at radius 2 is 1.84 bits per heavy atom. The van der Waals surface area contributed by atoms with Gasteiger partial charge in [-0.2, -0.15) is 0 Å². The van der Waals surface area contributed by atoms with E-state index < -0.39 is 0 Å². The van der Waals surface area contributed by atoms with Gasteiger partial charge in [0, 0.05) is 45.2 Å². The first kappa shape index (κ1) is 14.4. The zero-order valence-corrected chi connectivity index (χ0v) is 12.4. The summed E-state index contributed by atoms with van der Waals surface area (Å²) in [6.45, 7) is 7.73. The number of benzene rings is 1. The van der Waals surface area contributed by atoms with Crippen LogP contribution in [-0.2, 0) is 6.54 Å². The van der Waals surface area contributed by atoms with Crippen LogP contribution in [0.4, 0.5) is 0 Å². The Morgan fingerprint density at radius 1 is 1.21 bits per heavy atom. The van der Waals surface area contributed by atoms with Gasteiger partial charge in [-0.05, 0) is 12.5 Å². The lowest BCUT2D eigenvalue weighted by atomic mass is 10.1. The molecule has 0 aromatic heterocycles. The molecule has 0 amide bonds. The molecule has 1 heterocycles. The predicted octanol–water partition coefficient (Wildman–Crippen LogP) is 1.87. The molecule has 1 aromatic carbocycles. The van der Waals surface area contributed by atoms with Crippen LogP contribution in [0.2, 0.25) is 0 Å². The molecule has 0 bridgehead atoms. The second kappa shape index (κ2) is 6.98. The molecular formula is C15H23N3S. The highest BCUT2D eigenvalue weighted by atomic mass is 32.1. The predicted molar refractivity (Wildman–Crippen MR) is 84.2 cm³/mol. The highest BCUT2D eigenvalue weighted by Crippen LogP contribution is 2.12. The van der Waals surface area contributed by atoms with Crippen LogP contribution in [0.5, 0.6) is 0 Å². The zero-order valence-electron chi connectivity index (χ0n) is 11.6. The molecule has 2 rings (SSSR count). The molecule has 1 atom stereocenters. The van der Waals surface area contributed by atoms with E-state index in [1.807, 2.05) is 0 Å². The third kappa shape index (κ3) is 4.56. The van der Waals surface area contributed by atoms with Crippen molar-refractivity contribution in [3.8, 4) is 0 Å². The van der Waals surface area contributed by atoms with E-state index in [1.165, 1.54) is 5.56 Å². The number of nitrogens with zero attached hydrogens (tertiary/aromatic N) is 2. The van der Waals surface area contributed by atoms with Gasteiger partial charge in [-0.3, -0.25) is 9.80 Å². The number of hydrogen-bond acceptors (Lipinski definition) is 3. The maximum absolute atomic E-state index is 5.62. The van der Waals surface area contributed by atoms with Crippen molar-refractivity contribution >= 4 is 17.2 Å². The molecule has 104 valence electrons. The van der Waals surface area contributed by atoms with E-state index >= 15 is 0 Å². The summed E-state index contributed by atoms with van der Waals surface area (Å²) >= 11 is 4.99. The topological polar surface area (TPSA) is 32.5 Å². The molecule has 0 spiro atoms. The lowest BCUT2D eigenvalue weighted by Crippen LogP contribution is -2.49. The number of rotatable bonds is 5. The van der Waals surface area contributed by atoms with Gasteiger partial charge in [-0.15, -0.1) is 0 Å². The van der Waals surface area contributed by atoms with Gasteiger partial charge in [0.1, 0.15) is 0 Å². The normalized spacial score (nSPS) is 19.2. The summed E-state index contributed by atoms with van der Waals surface area (Å²) in [4.78, 5) is 5.62. The minimum absolute atomic E-state index is 0.469. The highest BCUT2D eigenvalue weighted by Gasteiger charge is 2.21. The van der Waals surface area contributed by atoms with E-state index in [9.17, 15) is 0 Å². The number of thiocarbonyl (C=S) groups is 1. The fraction of sp³-hybridized carbons (Fsp3) is 0.533. The summed E-state index contributed by atoms with van der Waals surface area (Å²) in [5.74, 6) is 0. The largest absolute Gasteiger partial charge is 0.393 e. The number of nitrogens with two attached hydrogens (primary N) is 1. The summed E-state index contributed by atoms with van der Waals surface area (Å²) in [5, 5.41) is 0. The molecule has 1 aliphatic rings. The van der Waals surface area contributed by atoms with Gasteiger partial charge in [0.2, 0.25) is 0 Å². The van der Waals surface area contributed by atoms with Crippen molar-refractivity contribution in [2.45, 2.75) is 25.9 Å². The summed E-state index contributed by atoms with van der Waals surface area (Å²) in [6.07, 6.45) is 0.827. The fourth-order valence-corrected chi connectivity index (χ4v) is 2.87. The van der Waals surface area contributed by atoms with Crippen LogP contribution in [-0.4, -0.2) is 47.0 Å². The van der Waals surface area contributed by atoms with E-state index in [0.29, 0.717) is 11.0 Å². The van der Waals surface area contributed by atoms with Gasteiger partial charge < -0.3 is 5.73 Å². The standard InChI is InChI=1S/C15H23N3S/c1-13(11-15(16)19)18-9-7-17(8-10-18)12-14-5-3-2-4-6-14/h2-6,13H,7-12H2,1H3,(H2,16,19). The Hall–Kier alpha value is -0.970. The zero-order chi connectivity index (χ0) is 13.7. The molecule has 1 aliphatic heterocycles. The molecule has 4 heteroatoms. The van der Waals surface area contributed by atoms with E-state index in [4.69, 9.17) is 18.0 Å². The van der Waals surface area contributed by atoms with Crippen LogP contribution in [0.15, 0.2) is 30.3 Å². The third-order valence-corrected chi connectivity index (χ3v) is 3.94. The molecule has 2 N–H and O–H groups in total. The lowest BCUT2D eigenvalue weighted by molar-refractivity contribution is 0.100. The van der Waals surface area contributed by atoms with E-state index in [1.54, 1.807) is 0 Å². The SMILES string of the molecule is CC(CC(N)=S)N1CCN(Cc2ccccc2)CC1. The second-order valence-corrected chi connectivity index (χ2v) is 5.84. The van der Waals surface area contributed by atoms with Crippen LogP contribution in [0.3, 0.4) is 0 Å². The van der Waals surface area contributed by atoms with E-state index in [-0.39, 0.29) is 0 Å². The molecule has 19 heavy (non-hydrogen) atoms. The molecule has 1 saturated heterocycles. The lowest BCUT2D eigenvalue weighted by Gasteiger charge is -2.38. The Morgan fingerprint density at radius 3 is 2.42 bits per heavy atom. The fourth-order valence-electron chi connectivity index (χ4n) is 2.62. The maximum atomic E-state index is 5.62. The molecule has 1 unspecified atom stereocenters. The highest BCUT2D eigenvalue weighted by molar-refractivity contribution is 7.80. The maximum Gasteiger partial charge on any atom is 0.0742 e. The van der Waals surface area contributed by atoms with Crippen LogP contribution < -0.4 is 5.73 Å². The average Bonchev–Trinajstić information content (AvgIpc) is 2.40. The first-order chi connectivity index (χ1) is 9.15. The van der Waals surface area contributed by atoms with Crippen LogP contribution in [0.25, 0.3) is 0 Å². The molecule has 0 saturated carbocycles. The molecule has 3 nitrogen and oxygen atoms in total. The Labute approximate surface area is 121 Å².